The normalized spacial score (nSPS) is 18.0. The zero-order chi connectivity index (χ0) is 15.0. The summed E-state index contributed by atoms with van der Waals surface area (Å²) < 4.78 is 7.20. The number of ketones is 1. The first-order valence-electron chi connectivity index (χ1n) is 7.07. The number of carbonyl (C=O) groups excluding carboxylic acids is 1. The summed E-state index contributed by atoms with van der Waals surface area (Å²) in [6, 6.07) is 0.122. The first-order valence-corrected chi connectivity index (χ1v) is 7.45. The number of halogens is 1. The third-order valence-electron chi connectivity index (χ3n) is 4.04. The molecule has 6 nitrogen and oxygen atoms in total. The van der Waals surface area contributed by atoms with Gasteiger partial charge in [0.2, 0.25) is 0 Å². The summed E-state index contributed by atoms with van der Waals surface area (Å²) >= 11 is 5.95. The summed E-state index contributed by atoms with van der Waals surface area (Å²) in [5.74, 6) is 0.331. The fraction of sp³-hybridized carbons (Fsp3) is 0.571. The summed E-state index contributed by atoms with van der Waals surface area (Å²) in [7, 11) is 0. The van der Waals surface area contributed by atoms with Gasteiger partial charge in [0, 0.05) is 20.1 Å². The van der Waals surface area contributed by atoms with E-state index in [1.165, 1.54) is 13.1 Å². The van der Waals surface area contributed by atoms with Crippen molar-refractivity contribution in [3.8, 4) is 0 Å². The Kier molecular flexibility index (Phi) is 3.91. The van der Waals surface area contributed by atoms with Crippen LogP contribution in [-0.4, -0.2) is 38.7 Å². The minimum Gasteiger partial charge on any atom is -0.381 e. The van der Waals surface area contributed by atoms with E-state index in [4.69, 9.17) is 16.3 Å². The Morgan fingerprint density at radius 1 is 1.48 bits per heavy atom. The first-order chi connectivity index (χ1) is 10.1. The Bertz CT molecular complexity index is 679. The van der Waals surface area contributed by atoms with Crippen molar-refractivity contribution in [2.75, 3.05) is 13.2 Å². The number of hydrogen-bond acceptors (Lipinski definition) is 5. The summed E-state index contributed by atoms with van der Waals surface area (Å²) in [6.45, 7) is 5.11. The van der Waals surface area contributed by atoms with Gasteiger partial charge in [-0.05, 0) is 25.7 Å². The molecule has 21 heavy (non-hydrogen) atoms. The number of carbonyl (C=O) groups is 1. The lowest BCUT2D eigenvalue weighted by molar-refractivity contribution is 0.0500. The molecule has 3 heterocycles. The molecule has 7 heteroatoms. The summed E-state index contributed by atoms with van der Waals surface area (Å²) in [5, 5.41) is 4.75. The predicted octanol–water partition coefficient (Wildman–Crippen LogP) is 2.67. The van der Waals surface area contributed by atoms with E-state index < -0.39 is 0 Å². The number of Topliss-reactive ketones (excluding diaryl/α,β-unsaturated/α-hetero) is 1. The van der Waals surface area contributed by atoms with Crippen molar-refractivity contribution in [2.24, 2.45) is 5.92 Å². The molecule has 1 atom stereocenters. The second kappa shape index (κ2) is 5.69. The molecule has 112 valence electrons. The quantitative estimate of drug-likeness (QED) is 0.815. The van der Waals surface area contributed by atoms with Crippen LogP contribution in [0.1, 0.15) is 43.2 Å². The van der Waals surface area contributed by atoms with Crippen LogP contribution < -0.4 is 0 Å². The minimum absolute atomic E-state index is 0.116. The van der Waals surface area contributed by atoms with Gasteiger partial charge in [-0.15, -0.1) is 0 Å². The van der Waals surface area contributed by atoms with Crippen LogP contribution in [0.15, 0.2) is 6.20 Å². The smallest absolute Gasteiger partial charge is 0.182 e. The van der Waals surface area contributed by atoms with Gasteiger partial charge in [0.1, 0.15) is 10.7 Å². The third kappa shape index (κ3) is 2.65. The van der Waals surface area contributed by atoms with E-state index in [1.54, 1.807) is 4.68 Å². The molecule has 0 aromatic carbocycles. The van der Waals surface area contributed by atoms with E-state index in [1.807, 2.05) is 0 Å². The Balaban J connectivity index is 2.08. The van der Waals surface area contributed by atoms with Crippen molar-refractivity contribution in [3.05, 3.63) is 17.0 Å². The monoisotopic (exact) mass is 308 g/mol. The van der Waals surface area contributed by atoms with Gasteiger partial charge in [-0.3, -0.25) is 4.79 Å². The maximum Gasteiger partial charge on any atom is 0.182 e. The molecule has 1 fully saturated rings. The van der Waals surface area contributed by atoms with Crippen LogP contribution in [0.4, 0.5) is 0 Å². The molecule has 0 radical (unpaired) electrons. The number of aromatic nitrogens is 4. The van der Waals surface area contributed by atoms with E-state index in [0.29, 0.717) is 27.9 Å². The Morgan fingerprint density at radius 3 is 2.86 bits per heavy atom. The second-order valence-electron chi connectivity index (χ2n) is 5.40. The highest BCUT2D eigenvalue weighted by Crippen LogP contribution is 2.30. The summed E-state index contributed by atoms with van der Waals surface area (Å²) in [5.41, 5.74) is 1.45. The predicted molar refractivity (Wildman–Crippen MR) is 78.6 cm³/mol. The van der Waals surface area contributed by atoms with Crippen molar-refractivity contribution in [2.45, 2.75) is 32.7 Å². The van der Waals surface area contributed by atoms with E-state index >= 15 is 0 Å². The number of ether oxygens (including phenoxy) is 1. The second-order valence-corrected chi connectivity index (χ2v) is 5.79. The molecule has 0 amide bonds. The molecule has 3 rings (SSSR count). The molecule has 1 unspecified atom stereocenters. The standard InChI is InChI=1S/C14H17ClN4O2/c1-8(10-3-5-21-6-4-10)19-14-13(12(18-19)9(2)20)16-7-11(15)17-14/h7-8,10H,3-6H2,1-2H3. The molecule has 2 aromatic heterocycles. The first kappa shape index (κ1) is 14.4. The fourth-order valence-corrected chi connectivity index (χ4v) is 2.94. The number of nitrogens with zero attached hydrogens (tertiary/aromatic N) is 4. The van der Waals surface area contributed by atoms with Gasteiger partial charge < -0.3 is 4.74 Å². The molecule has 1 aliphatic rings. The summed E-state index contributed by atoms with van der Waals surface area (Å²) in [6.07, 6.45) is 3.40. The van der Waals surface area contributed by atoms with E-state index in [2.05, 4.69) is 22.0 Å². The average molecular weight is 309 g/mol. The lowest BCUT2D eigenvalue weighted by atomic mass is 9.93. The zero-order valence-corrected chi connectivity index (χ0v) is 12.8. The molecule has 0 saturated carbocycles. The molecule has 0 spiro atoms. The molecular weight excluding hydrogens is 292 g/mol. The number of hydrogen-bond donors (Lipinski definition) is 0. The SMILES string of the molecule is CC(=O)c1nn(C(C)C2CCOCC2)c2nc(Cl)cnc12. The molecule has 2 aromatic rings. The molecular formula is C14H17ClN4O2. The van der Waals surface area contributed by atoms with Crippen LogP contribution in [0.25, 0.3) is 11.2 Å². The van der Waals surface area contributed by atoms with E-state index in [-0.39, 0.29) is 11.8 Å². The lowest BCUT2D eigenvalue weighted by Crippen LogP contribution is -2.25. The van der Waals surface area contributed by atoms with Gasteiger partial charge in [0.15, 0.2) is 17.1 Å². The number of fused-ring (bicyclic) bond motifs is 1. The van der Waals surface area contributed by atoms with Crippen molar-refractivity contribution in [1.82, 2.24) is 19.7 Å². The Labute approximate surface area is 127 Å². The van der Waals surface area contributed by atoms with Crippen LogP contribution in [-0.2, 0) is 4.74 Å². The third-order valence-corrected chi connectivity index (χ3v) is 4.22. The van der Waals surface area contributed by atoms with Crippen molar-refractivity contribution < 1.29 is 9.53 Å². The minimum atomic E-state index is -0.116. The van der Waals surface area contributed by atoms with Gasteiger partial charge in [-0.25, -0.2) is 14.6 Å². The van der Waals surface area contributed by atoms with Crippen LogP contribution in [0.3, 0.4) is 0 Å². The highest BCUT2D eigenvalue weighted by Gasteiger charge is 2.26. The highest BCUT2D eigenvalue weighted by atomic mass is 35.5. The topological polar surface area (TPSA) is 69.9 Å². The van der Waals surface area contributed by atoms with Crippen molar-refractivity contribution in [3.63, 3.8) is 0 Å². The highest BCUT2D eigenvalue weighted by molar-refractivity contribution is 6.29. The van der Waals surface area contributed by atoms with E-state index in [0.717, 1.165) is 26.1 Å². The molecule has 0 aliphatic carbocycles. The van der Waals surface area contributed by atoms with Gasteiger partial charge in [-0.1, -0.05) is 11.6 Å². The number of rotatable bonds is 3. The largest absolute Gasteiger partial charge is 0.381 e. The average Bonchev–Trinajstić information content (AvgIpc) is 2.86. The van der Waals surface area contributed by atoms with Crippen LogP contribution in [0, 0.1) is 5.92 Å². The lowest BCUT2D eigenvalue weighted by Gasteiger charge is -2.28. The van der Waals surface area contributed by atoms with Crippen molar-refractivity contribution >= 4 is 28.5 Å². The Morgan fingerprint density at radius 2 is 2.19 bits per heavy atom. The Hall–Kier alpha value is -1.53. The fourth-order valence-electron chi connectivity index (χ4n) is 2.81. The maximum atomic E-state index is 11.8. The zero-order valence-electron chi connectivity index (χ0n) is 12.0. The van der Waals surface area contributed by atoms with Crippen LogP contribution in [0.5, 0.6) is 0 Å². The maximum absolute atomic E-state index is 11.8. The molecule has 0 N–H and O–H groups in total. The van der Waals surface area contributed by atoms with Gasteiger partial charge in [-0.2, -0.15) is 5.10 Å². The molecule has 1 saturated heterocycles. The molecule has 1 aliphatic heterocycles. The van der Waals surface area contributed by atoms with Crippen LogP contribution >= 0.6 is 11.6 Å². The van der Waals surface area contributed by atoms with Crippen LogP contribution in [0.2, 0.25) is 5.15 Å². The van der Waals surface area contributed by atoms with Gasteiger partial charge in [0.25, 0.3) is 0 Å². The van der Waals surface area contributed by atoms with Crippen molar-refractivity contribution in [1.29, 1.82) is 0 Å². The summed E-state index contributed by atoms with van der Waals surface area (Å²) in [4.78, 5) is 20.3. The molecule has 0 bridgehead atoms. The van der Waals surface area contributed by atoms with Gasteiger partial charge in [0.05, 0.1) is 12.2 Å². The van der Waals surface area contributed by atoms with E-state index in [9.17, 15) is 4.79 Å². The van der Waals surface area contributed by atoms with Gasteiger partial charge >= 0.3 is 0 Å².